The van der Waals surface area contributed by atoms with Gasteiger partial charge >= 0.3 is 0 Å². The molecule has 0 radical (unpaired) electrons. The molecule has 0 spiro atoms. The normalized spacial score (nSPS) is 14.5. The first-order valence-electron chi connectivity index (χ1n) is 5.96. The molecule has 0 N–H and O–H groups in total. The zero-order valence-corrected chi connectivity index (χ0v) is 11.1. The molecule has 0 aliphatic carbocycles. The minimum absolute atomic E-state index is 0.395. The lowest BCUT2D eigenvalue weighted by molar-refractivity contribution is 0.269. The maximum absolute atomic E-state index is 5.83. The quantitative estimate of drug-likeness (QED) is 0.668. The Morgan fingerprint density at radius 2 is 1.94 bits per heavy atom. The Balaban J connectivity index is 2.71. The third-order valence-electron chi connectivity index (χ3n) is 2.85. The van der Waals surface area contributed by atoms with Crippen LogP contribution in [0.1, 0.15) is 38.7 Å². The van der Waals surface area contributed by atoms with Crippen molar-refractivity contribution in [2.45, 2.75) is 33.1 Å². The van der Waals surface area contributed by atoms with E-state index in [4.69, 9.17) is 16.3 Å². The number of halogens is 1. The molecule has 0 saturated carbocycles. The van der Waals surface area contributed by atoms with Crippen molar-refractivity contribution < 1.29 is 4.74 Å². The van der Waals surface area contributed by atoms with Gasteiger partial charge in [-0.15, -0.1) is 11.6 Å². The summed E-state index contributed by atoms with van der Waals surface area (Å²) in [4.78, 5) is 0. The summed E-state index contributed by atoms with van der Waals surface area (Å²) < 4.78 is 5.83. The highest BCUT2D eigenvalue weighted by molar-refractivity contribution is 6.18. The third kappa shape index (κ3) is 3.71. The molecule has 16 heavy (non-hydrogen) atoms. The van der Waals surface area contributed by atoms with E-state index in [9.17, 15) is 0 Å². The fourth-order valence-corrected chi connectivity index (χ4v) is 1.60. The van der Waals surface area contributed by atoms with Crippen molar-refractivity contribution in [3.8, 4) is 5.75 Å². The molecule has 0 amide bonds. The summed E-state index contributed by atoms with van der Waals surface area (Å²) in [5.41, 5.74) is 1.30. The van der Waals surface area contributed by atoms with Gasteiger partial charge < -0.3 is 4.74 Å². The minimum atomic E-state index is 0.395. The van der Waals surface area contributed by atoms with Gasteiger partial charge in [-0.2, -0.15) is 0 Å². The summed E-state index contributed by atoms with van der Waals surface area (Å²) in [7, 11) is 0. The van der Waals surface area contributed by atoms with E-state index >= 15 is 0 Å². The average Bonchev–Trinajstić information content (AvgIpc) is 2.35. The van der Waals surface area contributed by atoms with Crippen LogP contribution in [0.25, 0.3) is 0 Å². The molecule has 90 valence electrons. The SMILES string of the molecule is CCC(C)c1ccccc1OCC(C)CCl. The van der Waals surface area contributed by atoms with Gasteiger partial charge in [-0.1, -0.05) is 39.0 Å². The molecule has 0 fully saturated rings. The second kappa shape index (κ2) is 6.80. The zero-order chi connectivity index (χ0) is 12.0. The fourth-order valence-electron chi connectivity index (χ4n) is 1.52. The monoisotopic (exact) mass is 240 g/mol. The van der Waals surface area contributed by atoms with E-state index in [1.54, 1.807) is 0 Å². The molecule has 1 rings (SSSR count). The van der Waals surface area contributed by atoms with E-state index in [1.165, 1.54) is 5.56 Å². The Kier molecular flexibility index (Phi) is 5.68. The molecule has 0 saturated heterocycles. The van der Waals surface area contributed by atoms with Crippen LogP contribution in [-0.4, -0.2) is 12.5 Å². The molecule has 2 heteroatoms. The molecule has 1 aromatic carbocycles. The zero-order valence-electron chi connectivity index (χ0n) is 10.4. The summed E-state index contributed by atoms with van der Waals surface area (Å²) in [6, 6.07) is 8.28. The lowest BCUT2D eigenvalue weighted by Crippen LogP contribution is -2.11. The second-order valence-corrected chi connectivity index (χ2v) is 4.73. The predicted octanol–water partition coefficient (Wildman–Crippen LogP) is 4.45. The average molecular weight is 241 g/mol. The number of rotatable bonds is 6. The molecule has 1 nitrogen and oxygen atoms in total. The van der Waals surface area contributed by atoms with Crippen molar-refractivity contribution >= 4 is 11.6 Å². The summed E-state index contributed by atoms with van der Waals surface area (Å²) in [6.07, 6.45) is 1.13. The van der Waals surface area contributed by atoms with Crippen molar-refractivity contribution in [1.29, 1.82) is 0 Å². The van der Waals surface area contributed by atoms with Gasteiger partial charge in [0.1, 0.15) is 5.75 Å². The highest BCUT2D eigenvalue weighted by Gasteiger charge is 2.10. The molecule has 0 bridgehead atoms. The van der Waals surface area contributed by atoms with Gasteiger partial charge in [0.05, 0.1) is 6.61 Å². The van der Waals surface area contributed by atoms with Gasteiger partial charge in [-0.05, 0) is 24.0 Å². The van der Waals surface area contributed by atoms with Gasteiger partial charge in [0.25, 0.3) is 0 Å². The van der Waals surface area contributed by atoms with Crippen molar-refractivity contribution in [3.63, 3.8) is 0 Å². The highest BCUT2D eigenvalue weighted by Crippen LogP contribution is 2.28. The molecule has 0 aliphatic rings. The van der Waals surface area contributed by atoms with E-state index in [0.29, 0.717) is 24.3 Å². The van der Waals surface area contributed by atoms with Crippen LogP contribution in [0.2, 0.25) is 0 Å². The maximum Gasteiger partial charge on any atom is 0.122 e. The van der Waals surface area contributed by atoms with Gasteiger partial charge in [0.15, 0.2) is 0 Å². The van der Waals surface area contributed by atoms with E-state index < -0.39 is 0 Å². The summed E-state index contributed by atoms with van der Waals surface area (Å²) >= 11 is 5.77. The Morgan fingerprint density at radius 3 is 2.56 bits per heavy atom. The predicted molar refractivity (Wildman–Crippen MR) is 70.5 cm³/mol. The third-order valence-corrected chi connectivity index (χ3v) is 3.38. The number of hydrogen-bond donors (Lipinski definition) is 0. The van der Waals surface area contributed by atoms with Gasteiger partial charge in [-0.25, -0.2) is 0 Å². The van der Waals surface area contributed by atoms with Gasteiger partial charge in [0.2, 0.25) is 0 Å². The molecule has 0 aliphatic heterocycles. The lowest BCUT2D eigenvalue weighted by Gasteiger charge is -2.17. The van der Waals surface area contributed by atoms with Crippen LogP contribution < -0.4 is 4.74 Å². The smallest absolute Gasteiger partial charge is 0.122 e. The van der Waals surface area contributed by atoms with Crippen molar-refractivity contribution in [2.24, 2.45) is 5.92 Å². The van der Waals surface area contributed by atoms with Crippen LogP contribution in [0.15, 0.2) is 24.3 Å². The van der Waals surface area contributed by atoms with E-state index in [2.05, 4.69) is 32.9 Å². The molecule has 0 heterocycles. The van der Waals surface area contributed by atoms with Crippen LogP contribution in [0, 0.1) is 5.92 Å². The Morgan fingerprint density at radius 1 is 1.25 bits per heavy atom. The van der Waals surface area contributed by atoms with Gasteiger partial charge in [0, 0.05) is 11.8 Å². The van der Waals surface area contributed by atoms with Crippen LogP contribution in [-0.2, 0) is 0 Å². The van der Waals surface area contributed by atoms with Crippen LogP contribution in [0.3, 0.4) is 0 Å². The first-order valence-corrected chi connectivity index (χ1v) is 6.50. The summed E-state index contributed by atoms with van der Waals surface area (Å²) in [6.45, 7) is 7.21. The van der Waals surface area contributed by atoms with E-state index in [0.717, 1.165) is 12.2 Å². The van der Waals surface area contributed by atoms with Crippen LogP contribution >= 0.6 is 11.6 Å². The minimum Gasteiger partial charge on any atom is -0.493 e. The summed E-state index contributed by atoms with van der Waals surface area (Å²) in [5, 5.41) is 0. The topological polar surface area (TPSA) is 9.23 Å². The number of hydrogen-bond acceptors (Lipinski definition) is 1. The number of alkyl halides is 1. The molecular formula is C14H21ClO. The molecule has 2 unspecified atom stereocenters. The lowest BCUT2D eigenvalue weighted by atomic mass is 9.98. The number of benzene rings is 1. The van der Waals surface area contributed by atoms with Crippen molar-refractivity contribution in [2.75, 3.05) is 12.5 Å². The van der Waals surface area contributed by atoms with E-state index in [-0.39, 0.29) is 0 Å². The number of para-hydroxylation sites is 1. The summed E-state index contributed by atoms with van der Waals surface area (Å²) in [5.74, 6) is 2.59. The number of ether oxygens (including phenoxy) is 1. The Hall–Kier alpha value is -0.690. The maximum atomic E-state index is 5.83. The first-order chi connectivity index (χ1) is 7.69. The van der Waals surface area contributed by atoms with Gasteiger partial charge in [-0.3, -0.25) is 0 Å². The van der Waals surface area contributed by atoms with Crippen molar-refractivity contribution in [1.82, 2.24) is 0 Å². The van der Waals surface area contributed by atoms with Crippen molar-refractivity contribution in [3.05, 3.63) is 29.8 Å². The van der Waals surface area contributed by atoms with Crippen LogP contribution in [0.5, 0.6) is 5.75 Å². The van der Waals surface area contributed by atoms with Crippen LogP contribution in [0.4, 0.5) is 0 Å². The Labute approximate surface area is 104 Å². The largest absolute Gasteiger partial charge is 0.493 e. The molecule has 1 aromatic rings. The molecular weight excluding hydrogens is 220 g/mol. The Bertz CT molecular complexity index is 311. The molecule has 0 aromatic heterocycles. The second-order valence-electron chi connectivity index (χ2n) is 4.42. The highest BCUT2D eigenvalue weighted by atomic mass is 35.5. The molecule has 2 atom stereocenters. The van der Waals surface area contributed by atoms with E-state index in [1.807, 2.05) is 12.1 Å². The fraction of sp³-hybridized carbons (Fsp3) is 0.571. The standard InChI is InChI=1S/C14H21ClO/c1-4-12(3)13-7-5-6-8-14(13)16-10-11(2)9-15/h5-8,11-12H,4,9-10H2,1-3H3. The first kappa shape index (κ1) is 13.4.